The molecule has 0 atom stereocenters. The van der Waals surface area contributed by atoms with Crippen LogP contribution in [-0.4, -0.2) is 19.2 Å². The second-order valence-electron chi connectivity index (χ2n) is 7.16. The summed E-state index contributed by atoms with van der Waals surface area (Å²) in [5.41, 5.74) is 3.30. The Bertz CT molecular complexity index is 1270. The molecule has 0 heterocycles. The van der Waals surface area contributed by atoms with E-state index < -0.39 is 20.9 Å². The fourth-order valence-electron chi connectivity index (χ4n) is 3.05. The minimum Gasteiger partial charge on any atom is -0.322 e. The topological polar surface area (TPSA) is 118 Å². The van der Waals surface area contributed by atoms with Gasteiger partial charge in [0.2, 0.25) is 0 Å². The standard InChI is InChI=1S/C22H21N3O5S/c1-14-4-10-20(15(2)12-14)24-31(29,30)19-8-6-18(7-9-19)23-22(26)17-5-11-21(25(27)28)16(3)13-17/h4-13,24H,1-3H3,(H,23,26). The van der Waals surface area contributed by atoms with Crippen LogP contribution in [0, 0.1) is 30.9 Å². The normalized spacial score (nSPS) is 11.1. The van der Waals surface area contributed by atoms with E-state index in [9.17, 15) is 23.3 Å². The zero-order valence-corrected chi connectivity index (χ0v) is 18.0. The lowest BCUT2D eigenvalue weighted by Crippen LogP contribution is -2.15. The minimum absolute atomic E-state index is 0.0525. The predicted octanol–water partition coefficient (Wildman–Crippen LogP) is 4.57. The number of benzene rings is 3. The number of nitrogens with zero attached hydrogens (tertiary/aromatic N) is 1. The molecule has 31 heavy (non-hydrogen) atoms. The van der Waals surface area contributed by atoms with Crippen molar-refractivity contribution in [1.29, 1.82) is 0 Å². The molecule has 0 unspecified atom stereocenters. The van der Waals surface area contributed by atoms with E-state index in [2.05, 4.69) is 10.0 Å². The average Bonchev–Trinajstić information content (AvgIpc) is 2.70. The first kappa shape index (κ1) is 22.0. The molecule has 0 fully saturated rings. The summed E-state index contributed by atoms with van der Waals surface area (Å²) in [7, 11) is -3.79. The Morgan fingerprint density at radius 1 is 0.903 bits per heavy atom. The van der Waals surface area contributed by atoms with Gasteiger partial charge in [0.25, 0.3) is 21.6 Å². The molecule has 3 aromatic carbocycles. The van der Waals surface area contributed by atoms with Gasteiger partial charge in [-0.25, -0.2) is 8.42 Å². The van der Waals surface area contributed by atoms with Crippen molar-refractivity contribution < 1.29 is 18.1 Å². The van der Waals surface area contributed by atoms with Crippen molar-refractivity contribution in [1.82, 2.24) is 0 Å². The van der Waals surface area contributed by atoms with Crippen molar-refractivity contribution in [2.75, 3.05) is 10.0 Å². The second-order valence-corrected chi connectivity index (χ2v) is 8.84. The molecule has 0 saturated carbocycles. The van der Waals surface area contributed by atoms with Crippen LogP contribution < -0.4 is 10.0 Å². The van der Waals surface area contributed by atoms with E-state index >= 15 is 0 Å². The highest BCUT2D eigenvalue weighted by molar-refractivity contribution is 7.92. The van der Waals surface area contributed by atoms with Crippen LogP contribution in [0.4, 0.5) is 17.1 Å². The van der Waals surface area contributed by atoms with Gasteiger partial charge in [-0.15, -0.1) is 0 Å². The van der Waals surface area contributed by atoms with E-state index in [1.54, 1.807) is 13.0 Å². The van der Waals surface area contributed by atoms with E-state index in [-0.39, 0.29) is 16.1 Å². The van der Waals surface area contributed by atoms with Gasteiger partial charge in [-0.05, 0) is 68.8 Å². The summed E-state index contributed by atoms with van der Waals surface area (Å²) in [4.78, 5) is 22.9. The van der Waals surface area contributed by atoms with Gasteiger partial charge in [-0.1, -0.05) is 17.7 Å². The van der Waals surface area contributed by atoms with Crippen LogP contribution >= 0.6 is 0 Å². The maximum absolute atomic E-state index is 12.7. The van der Waals surface area contributed by atoms with Crippen LogP contribution in [0.15, 0.2) is 65.6 Å². The molecule has 8 nitrogen and oxygen atoms in total. The number of anilines is 2. The van der Waals surface area contributed by atoms with Crippen LogP contribution in [0.2, 0.25) is 0 Å². The zero-order valence-electron chi connectivity index (χ0n) is 17.2. The van der Waals surface area contributed by atoms with Crippen LogP contribution in [0.25, 0.3) is 0 Å². The summed E-state index contributed by atoms with van der Waals surface area (Å²) < 4.78 is 27.9. The van der Waals surface area contributed by atoms with Crippen LogP contribution in [0.5, 0.6) is 0 Å². The molecule has 160 valence electrons. The number of nitro groups is 1. The van der Waals surface area contributed by atoms with Crippen LogP contribution in [-0.2, 0) is 10.0 Å². The highest BCUT2D eigenvalue weighted by atomic mass is 32.2. The molecular formula is C22H21N3O5S. The summed E-state index contributed by atoms with van der Waals surface area (Å²) in [6.45, 7) is 5.30. The fourth-order valence-corrected chi connectivity index (χ4v) is 4.18. The molecule has 3 rings (SSSR count). The van der Waals surface area contributed by atoms with Gasteiger partial charge in [0.15, 0.2) is 0 Å². The molecule has 0 spiro atoms. The maximum atomic E-state index is 12.7. The second kappa shape index (κ2) is 8.57. The molecule has 9 heteroatoms. The van der Waals surface area contributed by atoms with Gasteiger partial charge >= 0.3 is 0 Å². The summed E-state index contributed by atoms with van der Waals surface area (Å²) in [6, 6.07) is 15.2. The first-order valence-electron chi connectivity index (χ1n) is 9.33. The number of hydrogen-bond donors (Lipinski definition) is 2. The molecule has 0 aliphatic heterocycles. The molecule has 0 radical (unpaired) electrons. The highest BCUT2D eigenvalue weighted by Gasteiger charge is 2.17. The molecule has 3 aromatic rings. The maximum Gasteiger partial charge on any atom is 0.272 e. The van der Waals surface area contributed by atoms with E-state index in [4.69, 9.17) is 0 Å². The summed E-state index contributed by atoms with van der Waals surface area (Å²) in [5.74, 6) is -0.456. The number of carbonyl (C=O) groups excluding carboxylic acids is 1. The molecule has 0 aromatic heterocycles. The van der Waals surface area contributed by atoms with Crippen molar-refractivity contribution in [3.63, 3.8) is 0 Å². The van der Waals surface area contributed by atoms with Gasteiger partial charge in [0.05, 0.1) is 15.5 Å². The zero-order chi connectivity index (χ0) is 22.8. The first-order valence-corrected chi connectivity index (χ1v) is 10.8. The number of aryl methyl sites for hydroxylation is 3. The predicted molar refractivity (Wildman–Crippen MR) is 119 cm³/mol. The lowest BCUT2D eigenvalue weighted by Gasteiger charge is -2.12. The summed E-state index contributed by atoms with van der Waals surface area (Å²) in [5, 5.41) is 13.6. The quantitative estimate of drug-likeness (QED) is 0.431. The largest absolute Gasteiger partial charge is 0.322 e. The molecule has 0 aliphatic rings. The smallest absolute Gasteiger partial charge is 0.272 e. The number of nitro benzene ring substituents is 1. The Kier molecular flexibility index (Phi) is 6.07. The molecule has 0 aliphatic carbocycles. The van der Waals surface area contributed by atoms with Crippen LogP contribution in [0.1, 0.15) is 27.0 Å². The Balaban J connectivity index is 1.74. The number of hydrogen-bond acceptors (Lipinski definition) is 5. The van der Waals surface area contributed by atoms with Gasteiger partial charge in [0, 0.05) is 22.9 Å². The van der Waals surface area contributed by atoms with Gasteiger partial charge in [0.1, 0.15) is 0 Å². The van der Waals surface area contributed by atoms with E-state index in [1.807, 2.05) is 26.0 Å². The third-order valence-corrected chi connectivity index (χ3v) is 6.09. The van der Waals surface area contributed by atoms with Crippen molar-refractivity contribution in [3.8, 4) is 0 Å². The van der Waals surface area contributed by atoms with Gasteiger partial charge < -0.3 is 5.32 Å². The first-order chi connectivity index (χ1) is 14.6. The lowest BCUT2D eigenvalue weighted by atomic mass is 10.1. The lowest BCUT2D eigenvalue weighted by molar-refractivity contribution is -0.385. The Morgan fingerprint density at radius 3 is 2.16 bits per heavy atom. The fraction of sp³-hybridized carbons (Fsp3) is 0.136. The summed E-state index contributed by atoms with van der Waals surface area (Å²) >= 11 is 0. The number of carbonyl (C=O) groups is 1. The Labute approximate surface area is 180 Å². The molecule has 0 bridgehead atoms. The minimum atomic E-state index is -3.79. The van der Waals surface area contributed by atoms with E-state index in [1.165, 1.54) is 42.5 Å². The summed E-state index contributed by atoms with van der Waals surface area (Å²) in [6.07, 6.45) is 0. The molecular weight excluding hydrogens is 418 g/mol. The monoisotopic (exact) mass is 439 g/mol. The van der Waals surface area contributed by atoms with Crippen LogP contribution in [0.3, 0.4) is 0 Å². The SMILES string of the molecule is Cc1ccc(NS(=O)(=O)c2ccc(NC(=O)c3ccc([N+](=O)[O-])c(C)c3)cc2)c(C)c1. The van der Waals surface area contributed by atoms with Crippen molar-refractivity contribution in [3.05, 3.63) is 93.0 Å². The van der Waals surface area contributed by atoms with Crippen molar-refractivity contribution in [2.45, 2.75) is 25.7 Å². The Hall–Kier alpha value is -3.72. The van der Waals surface area contributed by atoms with Gasteiger partial charge in [-0.3, -0.25) is 19.6 Å². The molecule has 0 saturated heterocycles. The number of amides is 1. The number of nitrogens with one attached hydrogen (secondary N) is 2. The Morgan fingerprint density at radius 2 is 1.58 bits per heavy atom. The number of rotatable bonds is 6. The number of sulfonamides is 1. The van der Waals surface area contributed by atoms with Gasteiger partial charge in [-0.2, -0.15) is 0 Å². The highest BCUT2D eigenvalue weighted by Crippen LogP contribution is 2.23. The molecule has 2 N–H and O–H groups in total. The average molecular weight is 439 g/mol. The van der Waals surface area contributed by atoms with E-state index in [0.29, 0.717) is 16.9 Å². The van der Waals surface area contributed by atoms with Crippen molar-refractivity contribution >= 4 is 33.0 Å². The van der Waals surface area contributed by atoms with E-state index in [0.717, 1.165) is 11.1 Å². The molecule has 1 amide bonds. The third kappa shape index (κ3) is 5.07. The third-order valence-electron chi connectivity index (χ3n) is 4.70. The van der Waals surface area contributed by atoms with Crippen molar-refractivity contribution in [2.24, 2.45) is 0 Å².